The molecule has 54 heavy (non-hydrogen) atoms. The fraction of sp³-hybridized carbons (Fsp3) is 0.268. The Morgan fingerprint density at radius 3 is 2.15 bits per heavy atom. The average molecular weight is 734 g/mol. The summed E-state index contributed by atoms with van der Waals surface area (Å²) >= 11 is 0. The van der Waals surface area contributed by atoms with E-state index in [0.717, 1.165) is 29.8 Å². The molecule has 0 N–H and O–H groups in total. The largest absolute Gasteiger partial charge is 0.497 e. The molecule has 0 saturated heterocycles. The minimum atomic E-state index is -2.33. The molecule has 3 aromatic carbocycles. The summed E-state index contributed by atoms with van der Waals surface area (Å²) in [5, 5.41) is 0. The van der Waals surface area contributed by atoms with E-state index in [0.29, 0.717) is 18.6 Å². The molecule has 2 bridgehead atoms. The molecule has 12 nitrogen and oxygen atoms in total. The molecule has 3 atom stereocenters. The number of para-hydroxylation sites is 1. The van der Waals surface area contributed by atoms with Gasteiger partial charge in [-0.15, -0.1) is 0 Å². The molecule has 4 aliphatic rings. The minimum absolute atomic E-state index is 0.00394. The van der Waals surface area contributed by atoms with E-state index in [1.165, 1.54) is 54.5 Å². The number of hydrogen-bond acceptors (Lipinski definition) is 10. The second-order valence-corrected chi connectivity index (χ2v) is 13.3. The van der Waals surface area contributed by atoms with Crippen LogP contribution in [0.4, 0.5) is 15.8 Å². The molecule has 4 aliphatic heterocycles. The molecule has 276 valence electrons. The number of anilines is 2. The summed E-state index contributed by atoms with van der Waals surface area (Å²) in [5.74, 6) is -6.14. The zero-order valence-corrected chi connectivity index (χ0v) is 30.2. The molecule has 1 unspecified atom stereocenters. The summed E-state index contributed by atoms with van der Waals surface area (Å²) in [4.78, 5) is 92.0. The van der Waals surface area contributed by atoms with Crippen molar-refractivity contribution in [1.29, 1.82) is 0 Å². The Labute approximate surface area is 309 Å². The summed E-state index contributed by atoms with van der Waals surface area (Å²) < 4.78 is 32.5. The summed E-state index contributed by atoms with van der Waals surface area (Å²) in [6.07, 6.45) is 1.16. The van der Waals surface area contributed by atoms with Gasteiger partial charge in [0.1, 0.15) is 28.4 Å². The highest BCUT2D eigenvalue weighted by atomic mass is 19.1. The van der Waals surface area contributed by atoms with Gasteiger partial charge in [-0.05, 0) is 85.1 Å². The number of rotatable bonds is 9. The van der Waals surface area contributed by atoms with Crippen LogP contribution in [0.5, 0.6) is 5.75 Å². The zero-order valence-electron chi connectivity index (χ0n) is 30.2. The predicted octanol–water partition coefficient (Wildman–Crippen LogP) is 4.71. The van der Waals surface area contributed by atoms with Gasteiger partial charge < -0.3 is 24.0 Å². The second-order valence-electron chi connectivity index (χ2n) is 13.3. The van der Waals surface area contributed by atoms with Crippen molar-refractivity contribution in [3.8, 4) is 11.4 Å². The molecule has 13 heteroatoms. The zero-order chi connectivity index (χ0) is 38.6. The van der Waals surface area contributed by atoms with E-state index < -0.39 is 69.2 Å². The highest BCUT2D eigenvalue weighted by Gasteiger charge is 2.70. The van der Waals surface area contributed by atoms with E-state index in [1.807, 2.05) is 6.92 Å². The molecular formula is C41H36FN3O9. The van der Waals surface area contributed by atoms with Crippen LogP contribution in [0.15, 0.2) is 99.7 Å². The van der Waals surface area contributed by atoms with Crippen LogP contribution in [-0.4, -0.2) is 56.1 Å². The first kappa shape index (κ1) is 36.0. The van der Waals surface area contributed by atoms with E-state index in [4.69, 9.17) is 14.2 Å². The van der Waals surface area contributed by atoms with Crippen molar-refractivity contribution in [3.05, 3.63) is 139 Å². The molecule has 1 amide bonds. The van der Waals surface area contributed by atoms with Crippen molar-refractivity contribution in [2.45, 2.75) is 38.1 Å². The summed E-state index contributed by atoms with van der Waals surface area (Å²) in [7, 11) is 3.54. The lowest BCUT2D eigenvalue weighted by atomic mass is 9.56. The van der Waals surface area contributed by atoms with Crippen LogP contribution in [0.3, 0.4) is 0 Å². The van der Waals surface area contributed by atoms with Crippen molar-refractivity contribution in [2.24, 2.45) is 5.92 Å². The van der Waals surface area contributed by atoms with E-state index in [2.05, 4.69) is 0 Å². The fourth-order valence-electron chi connectivity index (χ4n) is 8.25. The molecule has 4 aromatic rings. The number of aryl methyl sites for hydroxylation is 1. The van der Waals surface area contributed by atoms with Gasteiger partial charge in [-0.3, -0.25) is 19.2 Å². The van der Waals surface area contributed by atoms with Gasteiger partial charge >= 0.3 is 11.9 Å². The maximum atomic E-state index is 15.8. The maximum absolute atomic E-state index is 15.8. The van der Waals surface area contributed by atoms with E-state index in [1.54, 1.807) is 37.3 Å². The standard InChI is InChI=1S/C41H36FN3O9/c1-6-7-19-43-28-18-15-24(42)21-27(28)41(40(43)51)32(34(46)23-13-16-26(52-3)17-14-23)31(38(49)53-4)33(39(50)54-5)45-29-20-22(2)30(35(41)45)37(48)44(36(29)47)25-11-9-8-10-12-25/h8-18,20-21,32,35H,6-7,19H2,1-5H3/t32-,35?,41+/m1/s1. The maximum Gasteiger partial charge on any atom is 0.355 e. The van der Waals surface area contributed by atoms with Gasteiger partial charge in [0, 0.05) is 23.4 Å². The number of esters is 2. The number of ether oxygens (including phenoxy) is 3. The molecule has 5 heterocycles. The monoisotopic (exact) mass is 733 g/mol. The second kappa shape index (κ2) is 13.6. The number of carbonyl (C=O) groups is 4. The van der Waals surface area contributed by atoms with Crippen molar-refractivity contribution >= 4 is 35.0 Å². The summed E-state index contributed by atoms with van der Waals surface area (Å²) in [6.45, 7) is 3.64. The SMILES string of the molecule is CCCCN1C(=O)[C@]2(c3cc(F)ccc31)C1c3c(C)cc(c(=O)n(-c4ccccc4)c3=O)N1C(C(=O)OC)=C(C(=O)OC)[C@@H]2C(=O)c1ccc(OC)cc1. The van der Waals surface area contributed by atoms with Gasteiger partial charge in [-0.1, -0.05) is 31.5 Å². The van der Waals surface area contributed by atoms with Crippen LogP contribution in [0.2, 0.25) is 0 Å². The highest BCUT2D eigenvalue weighted by molar-refractivity contribution is 6.20. The Balaban J connectivity index is 1.73. The van der Waals surface area contributed by atoms with Crippen LogP contribution in [0.1, 0.15) is 52.9 Å². The van der Waals surface area contributed by atoms with Gasteiger partial charge in [0.15, 0.2) is 5.78 Å². The normalized spacial score (nSPS) is 19.5. The van der Waals surface area contributed by atoms with E-state index in [9.17, 15) is 14.4 Å². The predicted molar refractivity (Wildman–Crippen MR) is 195 cm³/mol. The van der Waals surface area contributed by atoms with Crippen molar-refractivity contribution in [2.75, 3.05) is 37.7 Å². The number of nitrogens with zero attached hydrogens (tertiary/aromatic N) is 3. The van der Waals surface area contributed by atoms with E-state index >= 15 is 18.8 Å². The lowest BCUT2D eigenvalue weighted by Crippen LogP contribution is -2.63. The number of Topliss-reactive ketones (excluding diaryl/α,β-unsaturated/α-hetero) is 1. The number of amides is 1. The van der Waals surface area contributed by atoms with Crippen molar-refractivity contribution in [1.82, 2.24) is 4.57 Å². The molecule has 1 aromatic heterocycles. The first-order chi connectivity index (χ1) is 26.0. The smallest absolute Gasteiger partial charge is 0.355 e. The van der Waals surface area contributed by atoms with Gasteiger partial charge in [0.2, 0.25) is 5.91 Å². The molecule has 0 radical (unpaired) electrons. The molecular weight excluding hydrogens is 697 g/mol. The third-order valence-corrected chi connectivity index (χ3v) is 10.6. The van der Waals surface area contributed by atoms with Crippen LogP contribution in [0, 0.1) is 18.7 Å². The average Bonchev–Trinajstić information content (AvgIpc) is 3.30. The number of aromatic nitrogens is 1. The number of benzene rings is 3. The summed E-state index contributed by atoms with van der Waals surface area (Å²) in [6, 6.07) is 17.5. The first-order valence-electron chi connectivity index (χ1n) is 17.3. The Morgan fingerprint density at radius 2 is 1.52 bits per heavy atom. The molecule has 0 aliphatic carbocycles. The Kier molecular flexibility index (Phi) is 9.04. The first-order valence-corrected chi connectivity index (χ1v) is 17.3. The minimum Gasteiger partial charge on any atom is -0.497 e. The van der Waals surface area contributed by atoms with Crippen LogP contribution >= 0.6 is 0 Å². The third-order valence-electron chi connectivity index (χ3n) is 10.6. The number of ketones is 1. The molecule has 0 saturated carbocycles. The number of halogens is 1. The Bertz CT molecular complexity index is 2410. The van der Waals surface area contributed by atoms with Gasteiger partial charge in [-0.2, -0.15) is 0 Å². The fourth-order valence-corrected chi connectivity index (χ4v) is 8.25. The molecule has 1 spiro atoms. The molecule has 0 fully saturated rings. The number of carbonyl (C=O) groups excluding carboxylic acids is 4. The number of hydrogen-bond donors (Lipinski definition) is 0. The number of fused-ring (bicyclic) bond motifs is 5. The summed E-state index contributed by atoms with van der Waals surface area (Å²) in [5.41, 5.74) is -4.88. The lowest BCUT2D eigenvalue weighted by molar-refractivity contribution is -0.141. The van der Waals surface area contributed by atoms with E-state index in [-0.39, 0.29) is 45.9 Å². The van der Waals surface area contributed by atoms with Gasteiger partial charge in [0.25, 0.3) is 11.1 Å². The highest BCUT2D eigenvalue weighted by Crippen LogP contribution is 2.62. The van der Waals surface area contributed by atoms with Crippen molar-refractivity contribution < 1.29 is 37.8 Å². The topological polar surface area (TPSA) is 142 Å². The Hall–Kier alpha value is -6.37. The third kappa shape index (κ3) is 5.01. The van der Waals surface area contributed by atoms with Crippen LogP contribution < -0.4 is 25.7 Å². The van der Waals surface area contributed by atoms with Crippen LogP contribution in [-0.2, 0) is 29.3 Å². The quantitative estimate of drug-likeness (QED) is 0.175. The number of methoxy groups -OCH3 is 3. The van der Waals surface area contributed by atoms with Gasteiger partial charge in [0.05, 0.1) is 44.5 Å². The van der Waals surface area contributed by atoms with Crippen LogP contribution in [0.25, 0.3) is 5.69 Å². The van der Waals surface area contributed by atoms with Crippen molar-refractivity contribution in [3.63, 3.8) is 0 Å². The Morgan fingerprint density at radius 1 is 0.833 bits per heavy atom. The van der Waals surface area contributed by atoms with Gasteiger partial charge in [-0.25, -0.2) is 18.5 Å². The number of unbranched alkanes of at least 4 members (excludes halogenated alkanes) is 1. The lowest BCUT2D eigenvalue weighted by Gasteiger charge is -2.52. The molecule has 8 rings (SSSR count).